The van der Waals surface area contributed by atoms with Crippen LogP contribution in [0.2, 0.25) is 0 Å². The Hall–Kier alpha value is -2.68. The third kappa shape index (κ3) is 6.52. The maximum atomic E-state index is 12.9. The molecule has 5 nitrogen and oxygen atoms in total. The number of rotatable bonds is 5. The first-order valence-electron chi connectivity index (χ1n) is 8.10. The number of aliphatic imine (C=N–C) groups is 1. The molecule has 0 saturated heterocycles. The molecule has 0 amide bonds. The number of aryl methyl sites for hydroxylation is 1. The highest BCUT2D eigenvalue weighted by Gasteiger charge is 2.01. The van der Waals surface area contributed by atoms with Gasteiger partial charge in [-0.15, -0.1) is 24.0 Å². The Labute approximate surface area is 174 Å². The van der Waals surface area contributed by atoms with Crippen molar-refractivity contribution in [1.29, 1.82) is 0 Å². The summed E-state index contributed by atoms with van der Waals surface area (Å²) in [7, 11) is 0. The number of guanidine groups is 1. The van der Waals surface area contributed by atoms with Crippen molar-refractivity contribution < 1.29 is 9.13 Å². The molecule has 140 valence electrons. The molecule has 0 atom stereocenters. The molecule has 0 saturated carbocycles. The van der Waals surface area contributed by atoms with Crippen LogP contribution in [0.25, 0.3) is 0 Å². The van der Waals surface area contributed by atoms with Crippen LogP contribution < -0.4 is 15.8 Å². The minimum absolute atomic E-state index is 0. The van der Waals surface area contributed by atoms with Crippen molar-refractivity contribution in [3.8, 4) is 11.6 Å². The van der Waals surface area contributed by atoms with Crippen molar-refractivity contribution in [2.45, 2.75) is 13.5 Å². The summed E-state index contributed by atoms with van der Waals surface area (Å²) in [6, 6.07) is 17.2. The third-order valence-corrected chi connectivity index (χ3v) is 3.59. The second-order valence-corrected chi connectivity index (χ2v) is 5.75. The number of anilines is 1. The van der Waals surface area contributed by atoms with Crippen LogP contribution in [0.5, 0.6) is 11.6 Å². The van der Waals surface area contributed by atoms with Crippen molar-refractivity contribution in [2.24, 2.45) is 10.7 Å². The number of aromatic nitrogens is 1. The van der Waals surface area contributed by atoms with Crippen molar-refractivity contribution in [3.05, 3.63) is 83.8 Å². The van der Waals surface area contributed by atoms with Crippen LogP contribution in [-0.4, -0.2) is 10.9 Å². The second-order valence-electron chi connectivity index (χ2n) is 5.75. The first-order valence-corrected chi connectivity index (χ1v) is 8.10. The van der Waals surface area contributed by atoms with Gasteiger partial charge in [-0.05, 0) is 48.9 Å². The van der Waals surface area contributed by atoms with Crippen molar-refractivity contribution in [2.75, 3.05) is 5.32 Å². The van der Waals surface area contributed by atoms with Gasteiger partial charge in [-0.1, -0.05) is 23.8 Å². The largest absolute Gasteiger partial charge is 0.439 e. The molecule has 1 heterocycles. The zero-order chi connectivity index (χ0) is 18.4. The number of hydrogen-bond donors (Lipinski definition) is 2. The van der Waals surface area contributed by atoms with Crippen LogP contribution in [0.3, 0.4) is 0 Å². The molecule has 3 N–H and O–H groups in total. The van der Waals surface area contributed by atoms with Crippen molar-refractivity contribution in [1.82, 2.24) is 4.98 Å². The molecule has 0 aliphatic carbocycles. The van der Waals surface area contributed by atoms with Gasteiger partial charge >= 0.3 is 0 Å². The minimum atomic E-state index is -0.310. The Morgan fingerprint density at radius 3 is 2.41 bits per heavy atom. The highest BCUT2D eigenvalue weighted by Crippen LogP contribution is 2.19. The molecule has 0 unspecified atom stereocenters. The average molecular weight is 478 g/mol. The summed E-state index contributed by atoms with van der Waals surface area (Å²) < 4.78 is 18.4. The van der Waals surface area contributed by atoms with Crippen LogP contribution in [0.4, 0.5) is 10.1 Å². The van der Waals surface area contributed by atoms with Crippen LogP contribution in [0.1, 0.15) is 11.1 Å². The average Bonchev–Trinajstić information content (AvgIpc) is 2.65. The van der Waals surface area contributed by atoms with E-state index in [1.165, 1.54) is 17.7 Å². The van der Waals surface area contributed by atoms with E-state index in [0.717, 1.165) is 11.3 Å². The smallest absolute Gasteiger partial charge is 0.219 e. The van der Waals surface area contributed by atoms with Gasteiger partial charge in [0.05, 0.1) is 6.54 Å². The lowest BCUT2D eigenvalue weighted by Gasteiger charge is -2.07. The molecule has 2 aromatic carbocycles. The van der Waals surface area contributed by atoms with Gasteiger partial charge in [0.2, 0.25) is 5.88 Å². The summed E-state index contributed by atoms with van der Waals surface area (Å²) in [6.45, 7) is 2.42. The number of nitrogens with one attached hydrogen (secondary N) is 1. The van der Waals surface area contributed by atoms with Crippen LogP contribution >= 0.6 is 24.0 Å². The minimum Gasteiger partial charge on any atom is -0.439 e. The van der Waals surface area contributed by atoms with Crippen molar-refractivity contribution >= 4 is 35.6 Å². The van der Waals surface area contributed by atoms with E-state index >= 15 is 0 Å². The lowest BCUT2D eigenvalue weighted by molar-refractivity contribution is 0.461. The van der Waals surface area contributed by atoms with E-state index in [1.807, 2.05) is 37.3 Å². The first-order chi connectivity index (χ1) is 12.6. The van der Waals surface area contributed by atoms with Gasteiger partial charge < -0.3 is 15.8 Å². The molecule has 0 bridgehead atoms. The number of nitrogens with two attached hydrogens (primary N) is 1. The summed E-state index contributed by atoms with van der Waals surface area (Å²) in [4.78, 5) is 8.52. The zero-order valence-electron chi connectivity index (χ0n) is 14.7. The number of halogens is 2. The number of benzene rings is 2. The maximum absolute atomic E-state index is 12.9. The normalized spacial score (nSPS) is 10.8. The number of ether oxygens (including phenoxy) is 1. The second kappa shape index (κ2) is 9.86. The van der Waals surface area contributed by atoms with Gasteiger partial charge in [0.15, 0.2) is 5.96 Å². The van der Waals surface area contributed by atoms with Gasteiger partial charge in [-0.2, -0.15) is 0 Å². The third-order valence-electron chi connectivity index (χ3n) is 3.59. The Kier molecular flexibility index (Phi) is 7.54. The molecule has 0 spiro atoms. The zero-order valence-corrected chi connectivity index (χ0v) is 17.1. The molecule has 3 rings (SSSR count). The van der Waals surface area contributed by atoms with Gasteiger partial charge in [0.1, 0.15) is 11.6 Å². The lowest BCUT2D eigenvalue weighted by atomic mass is 10.2. The van der Waals surface area contributed by atoms with Gasteiger partial charge in [-0.25, -0.2) is 14.4 Å². The Morgan fingerprint density at radius 1 is 1.07 bits per heavy atom. The summed E-state index contributed by atoms with van der Waals surface area (Å²) in [5, 5.41) is 3.04. The molecule has 0 fully saturated rings. The summed E-state index contributed by atoms with van der Waals surface area (Å²) in [6.07, 6.45) is 1.67. The molecule has 0 aliphatic heterocycles. The number of nitrogens with zero attached hydrogens (tertiary/aromatic N) is 2. The van der Waals surface area contributed by atoms with Crippen LogP contribution in [0.15, 0.2) is 71.9 Å². The summed E-state index contributed by atoms with van der Waals surface area (Å²) in [5.41, 5.74) is 8.86. The Bertz CT molecular complexity index is 881. The number of pyridine rings is 1. The van der Waals surface area contributed by atoms with E-state index in [-0.39, 0.29) is 29.8 Å². The fraction of sp³-hybridized carbons (Fsp3) is 0.100. The van der Waals surface area contributed by atoms with Crippen LogP contribution in [-0.2, 0) is 6.54 Å². The molecule has 27 heavy (non-hydrogen) atoms. The highest BCUT2D eigenvalue weighted by molar-refractivity contribution is 14.0. The van der Waals surface area contributed by atoms with Crippen LogP contribution in [0, 0.1) is 12.7 Å². The van der Waals surface area contributed by atoms with Crippen molar-refractivity contribution in [3.63, 3.8) is 0 Å². The molecular formula is C20H20FIN4O. The van der Waals surface area contributed by atoms with E-state index in [4.69, 9.17) is 10.5 Å². The molecule has 0 aliphatic rings. The Balaban J connectivity index is 0.00000261. The lowest BCUT2D eigenvalue weighted by Crippen LogP contribution is -2.22. The Morgan fingerprint density at radius 2 is 1.78 bits per heavy atom. The monoisotopic (exact) mass is 478 g/mol. The highest BCUT2D eigenvalue weighted by atomic mass is 127. The molecular weight excluding hydrogens is 458 g/mol. The maximum Gasteiger partial charge on any atom is 0.219 e. The molecule has 3 aromatic rings. The quantitative estimate of drug-likeness (QED) is 0.312. The molecule has 0 radical (unpaired) electrons. The predicted octanol–water partition coefficient (Wildman–Crippen LogP) is 4.87. The SMILES string of the molecule is Cc1ccc(NC(N)=NCc2ccc(Oc3ccc(F)cc3)nc2)cc1.I. The van der Waals surface area contributed by atoms with E-state index in [0.29, 0.717) is 24.1 Å². The molecule has 7 heteroatoms. The fourth-order valence-electron chi connectivity index (χ4n) is 2.19. The topological polar surface area (TPSA) is 72.5 Å². The molecule has 1 aromatic heterocycles. The van der Waals surface area contributed by atoms with Gasteiger partial charge in [0.25, 0.3) is 0 Å². The number of hydrogen-bond acceptors (Lipinski definition) is 3. The van der Waals surface area contributed by atoms with E-state index in [1.54, 1.807) is 24.4 Å². The standard InChI is InChI=1S/C20H19FN4O.HI/c1-14-2-7-17(8-3-14)25-20(22)24-13-15-4-11-19(23-12-15)26-18-9-5-16(21)6-10-18;/h2-12H,13H2,1H3,(H3,22,24,25);1H. The van der Waals surface area contributed by atoms with E-state index in [9.17, 15) is 4.39 Å². The van der Waals surface area contributed by atoms with E-state index < -0.39 is 0 Å². The van der Waals surface area contributed by atoms with Gasteiger partial charge in [0, 0.05) is 18.0 Å². The first kappa shape index (κ1) is 20.6. The van der Waals surface area contributed by atoms with E-state index in [2.05, 4.69) is 15.3 Å². The van der Waals surface area contributed by atoms with Gasteiger partial charge in [-0.3, -0.25) is 0 Å². The summed E-state index contributed by atoms with van der Waals surface area (Å²) >= 11 is 0. The summed E-state index contributed by atoms with van der Waals surface area (Å²) in [5.74, 6) is 0.974. The fourth-order valence-corrected chi connectivity index (χ4v) is 2.19. The predicted molar refractivity (Wildman–Crippen MR) is 116 cm³/mol.